The number of carbonyl (C=O) groups excluding carboxylic acids is 1. The largest absolute Gasteiger partial charge is 0.354 e. The maximum absolute atomic E-state index is 11.9. The standard InChI is InChI=1S/C14H16N4O2S/c19-13-9-3-1-2-4-10(9)17-12(18-13)5-6-15-14(20)11-7-21-8-16-11/h1-4,11,16H,5-8H2,(H,15,20)(H,17,18,19). The molecule has 1 aliphatic heterocycles. The average Bonchev–Trinajstić information content (AvgIpc) is 3.01. The molecule has 1 atom stereocenters. The van der Waals surface area contributed by atoms with Crippen LogP contribution in [0, 0.1) is 0 Å². The van der Waals surface area contributed by atoms with Crippen LogP contribution in [0.2, 0.25) is 0 Å². The van der Waals surface area contributed by atoms with Gasteiger partial charge in [-0.3, -0.25) is 14.9 Å². The minimum Gasteiger partial charge on any atom is -0.354 e. The predicted octanol–water partition coefficient (Wildman–Crippen LogP) is 0.244. The van der Waals surface area contributed by atoms with Crippen molar-refractivity contribution in [1.82, 2.24) is 20.6 Å². The van der Waals surface area contributed by atoms with Gasteiger partial charge < -0.3 is 10.3 Å². The van der Waals surface area contributed by atoms with Gasteiger partial charge in [-0.05, 0) is 12.1 Å². The highest BCUT2D eigenvalue weighted by molar-refractivity contribution is 7.99. The van der Waals surface area contributed by atoms with Crippen LogP contribution in [0.3, 0.4) is 0 Å². The van der Waals surface area contributed by atoms with Crippen LogP contribution >= 0.6 is 11.8 Å². The lowest BCUT2D eigenvalue weighted by molar-refractivity contribution is -0.122. The topological polar surface area (TPSA) is 86.9 Å². The monoisotopic (exact) mass is 304 g/mol. The molecule has 1 aromatic heterocycles. The number of thioether (sulfide) groups is 1. The van der Waals surface area contributed by atoms with Crippen molar-refractivity contribution in [2.45, 2.75) is 12.5 Å². The summed E-state index contributed by atoms with van der Waals surface area (Å²) in [5.41, 5.74) is 0.534. The van der Waals surface area contributed by atoms with Gasteiger partial charge in [-0.25, -0.2) is 4.98 Å². The number of hydrogen-bond acceptors (Lipinski definition) is 5. The second-order valence-electron chi connectivity index (χ2n) is 4.84. The third-order valence-corrected chi connectivity index (χ3v) is 4.30. The Bertz CT molecular complexity index is 709. The first-order valence-electron chi connectivity index (χ1n) is 6.81. The Hall–Kier alpha value is -1.86. The van der Waals surface area contributed by atoms with Crippen LogP contribution in [-0.2, 0) is 11.2 Å². The molecule has 3 rings (SSSR count). The zero-order chi connectivity index (χ0) is 14.7. The fourth-order valence-electron chi connectivity index (χ4n) is 2.24. The summed E-state index contributed by atoms with van der Waals surface area (Å²) in [6, 6.07) is 7.11. The molecule has 0 spiro atoms. The van der Waals surface area contributed by atoms with E-state index in [1.807, 2.05) is 18.2 Å². The van der Waals surface area contributed by atoms with Crippen LogP contribution in [0.15, 0.2) is 29.1 Å². The Labute approximate surface area is 125 Å². The number of para-hydroxylation sites is 1. The maximum Gasteiger partial charge on any atom is 0.258 e. The summed E-state index contributed by atoms with van der Waals surface area (Å²) in [5, 5.41) is 6.56. The minimum atomic E-state index is -0.143. The first-order valence-corrected chi connectivity index (χ1v) is 7.96. The molecule has 110 valence electrons. The summed E-state index contributed by atoms with van der Waals surface area (Å²) in [7, 11) is 0. The summed E-state index contributed by atoms with van der Waals surface area (Å²) in [6.45, 7) is 0.461. The maximum atomic E-state index is 11.9. The van der Waals surface area contributed by atoms with Gasteiger partial charge in [0, 0.05) is 24.6 Å². The first kappa shape index (κ1) is 14.1. The van der Waals surface area contributed by atoms with Crippen LogP contribution in [0.4, 0.5) is 0 Å². The number of hydrogen-bond donors (Lipinski definition) is 3. The zero-order valence-corrected chi connectivity index (χ0v) is 12.2. The normalized spacial score (nSPS) is 18.0. The summed E-state index contributed by atoms with van der Waals surface area (Å²) in [4.78, 5) is 30.9. The summed E-state index contributed by atoms with van der Waals surface area (Å²) >= 11 is 1.71. The minimum absolute atomic E-state index is 0.00290. The number of carbonyl (C=O) groups is 1. The van der Waals surface area contributed by atoms with Gasteiger partial charge in [-0.2, -0.15) is 0 Å². The van der Waals surface area contributed by atoms with Crippen molar-refractivity contribution in [2.24, 2.45) is 0 Å². The number of H-pyrrole nitrogens is 1. The molecule has 0 saturated carbocycles. The molecule has 7 heteroatoms. The molecular weight excluding hydrogens is 288 g/mol. The van der Waals surface area contributed by atoms with Crippen molar-refractivity contribution in [2.75, 3.05) is 18.2 Å². The van der Waals surface area contributed by atoms with E-state index in [0.717, 1.165) is 11.6 Å². The van der Waals surface area contributed by atoms with Gasteiger partial charge in [0.05, 0.1) is 16.9 Å². The summed E-state index contributed by atoms with van der Waals surface area (Å²) in [6.07, 6.45) is 0.506. The van der Waals surface area contributed by atoms with Gasteiger partial charge in [0.25, 0.3) is 5.56 Å². The number of rotatable bonds is 4. The fourth-order valence-corrected chi connectivity index (χ4v) is 3.19. The number of amides is 1. The zero-order valence-electron chi connectivity index (χ0n) is 11.4. The summed E-state index contributed by atoms with van der Waals surface area (Å²) in [5.74, 6) is 2.21. The van der Waals surface area contributed by atoms with Crippen molar-refractivity contribution < 1.29 is 4.79 Å². The van der Waals surface area contributed by atoms with E-state index in [9.17, 15) is 9.59 Å². The predicted molar refractivity (Wildman–Crippen MR) is 83.3 cm³/mol. The van der Waals surface area contributed by atoms with Crippen LogP contribution < -0.4 is 16.2 Å². The van der Waals surface area contributed by atoms with E-state index in [2.05, 4.69) is 20.6 Å². The van der Waals surface area contributed by atoms with E-state index in [-0.39, 0.29) is 17.5 Å². The Morgan fingerprint density at radius 2 is 2.29 bits per heavy atom. The molecule has 0 radical (unpaired) electrons. The number of benzene rings is 1. The van der Waals surface area contributed by atoms with Gasteiger partial charge in [0.1, 0.15) is 5.82 Å². The Morgan fingerprint density at radius 1 is 1.43 bits per heavy atom. The van der Waals surface area contributed by atoms with E-state index < -0.39 is 0 Å². The molecule has 0 aliphatic carbocycles. The molecule has 6 nitrogen and oxygen atoms in total. The SMILES string of the molecule is O=C(NCCc1nc2ccccc2c(=O)[nH]1)C1CSCN1. The second kappa shape index (κ2) is 6.28. The Kier molecular flexibility index (Phi) is 4.21. The molecular formula is C14H16N4O2S. The van der Waals surface area contributed by atoms with E-state index >= 15 is 0 Å². The number of nitrogens with one attached hydrogen (secondary N) is 3. The third kappa shape index (κ3) is 3.25. The first-order chi connectivity index (χ1) is 10.2. The molecule has 1 aromatic carbocycles. The lowest BCUT2D eigenvalue weighted by Crippen LogP contribution is -2.42. The van der Waals surface area contributed by atoms with Crippen molar-refractivity contribution in [3.05, 3.63) is 40.4 Å². The van der Waals surface area contributed by atoms with Crippen molar-refractivity contribution in [3.8, 4) is 0 Å². The fraction of sp³-hybridized carbons (Fsp3) is 0.357. The van der Waals surface area contributed by atoms with Crippen LogP contribution in [0.1, 0.15) is 5.82 Å². The van der Waals surface area contributed by atoms with Gasteiger partial charge in [-0.1, -0.05) is 12.1 Å². The van der Waals surface area contributed by atoms with Crippen LogP contribution in [-0.4, -0.2) is 40.1 Å². The number of aromatic amines is 1. The van der Waals surface area contributed by atoms with Gasteiger partial charge in [0.2, 0.25) is 5.91 Å². The molecule has 2 aromatic rings. The van der Waals surface area contributed by atoms with Gasteiger partial charge in [-0.15, -0.1) is 11.8 Å². The highest BCUT2D eigenvalue weighted by Gasteiger charge is 2.21. The van der Waals surface area contributed by atoms with Crippen LogP contribution in [0.5, 0.6) is 0 Å². The lowest BCUT2D eigenvalue weighted by atomic mass is 10.2. The number of fused-ring (bicyclic) bond motifs is 1. The Morgan fingerprint density at radius 3 is 3.10 bits per heavy atom. The van der Waals surface area contributed by atoms with Gasteiger partial charge in [0.15, 0.2) is 0 Å². The molecule has 3 N–H and O–H groups in total. The van der Waals surface area contributed by atoms with Crippen LogP contribution in [0.25, 0.3) is 10.9 Å². The van der Waals surface area contributed by atoms with Crippen molar-refractivity contribution >= 4 is 28.6 Å². The summed E-state index contributed by atoms with van der Waals surface area (Å²) < 4.78 is 0. The smallest absolute Gasteiger partial charge is 0.258 e. The molecule has 2 heterocycles. The Balaban J connectivity index is 1.63. The number of nitrogens with zero attached hydrogens (tertiary/aromatic N) is 1. The highest BCUT2D eigenvalue weighted by Crippen LogP contribution is 2.09. The molecule has 1 fully saturated rings. The second-order valence-corrected chi connectivity index (χ2v) is 5.87. The quantitative estimate of drug-likeness (QED) is 0.753. The molecule has 1 amide bonds. The molecule has 1 aliphatic rings. The highest BCUT2D eigenvalue weighted by atomic mass is 32.2. The van der Waals surface area contributed by atoms with E-state index in [1.165, 1.54) is 0 Å². The number of aromatic nitrogens is 2. The van der Waals surface area contributed by atoms with Gasteiger partial charge >= 0.3 is 0 Å². The molecule has 0 bridgehead atoms. The van der Waals surface area contributed by atoms with Crippen molar-refractivity contribution in [3.63, 3.8) is 0 Å². The molecule has 1 saturated heterocycles. The average molecular weight is 304 g/mol. The van der Waals surface area contributed by atoms with E-state index in [0.29, 0.717) is 29.7 Å². The van der Waals surface area contributed by atoms with E-state index in [4.69, 9.17) is 0 Å². The van der Waals surface area contributed by atoms with E-state index in [1.54, 1.807) is 17.8 Å². The third-order valence-electron chi connectivity index (χ3n) is 3.36. The molecule has 21 heavy (non-hydrogen) atoms. The lowest BCUT2D eigenvalue weighted by Gasteiger charge is -2.10. The molecule has 1 unspecified atom stereocenters. The van der Waals surface area contributed by atoms with Crippen molar-refractivity contribution in [1.29, 1.82) is 0 Å².